The van der Waals surface area contributed by atoms with E-state index < -0.39 is 4.92 Å². The zero-order valence-corrected chi connectivity index (χ0v) is 18.8. The second-order valence-corrected chi connectivity index (χ2v) is 8.19. The van der Waals surface area contributed by atoms with Crippen LogP contribution < -0.4 is 9.64 Å². The van der Waals surface area contributed by atoms with Gasteiger partial charge in [0.15, 0.2) is 0 Å². The summed E-state index contributed by atoms with van der Waals surface area (Å²) in [7, 11) is 1.95. The predicted octanol–water partition coefficient (Wildman–Crippen LogP) is 4.89. The normalized spacial score (nSPS) is 14.4. The molecule has 3 aromatic rings. The van der Waals surface area contributed by atoms with Crippen molar-refractivity contribution in [2.75, 3.05) is 25.1 Å². The van der Waals surface area contributed by atoms with Crippen LogP contribution in [0.2, 0.25) is 5.28 Å². The number of aromatic nitrogens is 2. The van der Waals surface area contributed by atoms with Crippen LogP contribution in [-0.2, 0) is 6.42 Å². The number of non-ortho nitro benzene ring substituents is 1. The summed E-state index contributed by atoms with van der Waals surface area (Å²) in [6.45, 7) is 0.931. The zero-order valence-electron chi connectivity index (χ0n) is 18.1. The third-order valence-electron chi connectivity index (χ3n) is 5.76. The Labute approximate surface area is 196 Å². The summed E-state index contributed by atoms with van der Waals surface area (Å²) in [4.78, 5) is 21.6. The average molecular weight is 464 g/mol. The molecule has 168 valence electrons. The minimum Gasteiger partial charge on any atom is -0.492 e. The van der Waals surface area contributed by atoms with Gasteiger partial charge in [0.25, 0.3) is 5.69 Å². The van der Waals surface area contributed by atoms with Crippen LogP contribution in [0, 0.1) is 21.4 Å². The van der Waals surface area contributed by atoms with Crippen LogP contribution >= 0.6 is 11.6 Å². The monoisotopic (exact) mass is 463 g/mol. The van der Waals surface area contributed by atoms with Crippen molar-refractivity contribution in [1.82, 2.24) is 9.97 Å². The molecular weight excluding hydrogens is 442 g/mol. The molecule has 2 aromatic carbocycles. The first-order chi connectivity index (χ1) is 16.0. The quantitative estimate of drug-likeness (QED) is 0.202. The fourth-order valence-electron chi connectivity index (χ4n) is 4.17. The number of ether oxygens (including phenoxy) is 1. The van der Waals surface area contributed by atoms with Gasteiger partial charge in [-0.2, -0.15) is 5.26 Å². The molecule has 1 heterocycles. The van der Waals surface area contributed by atoms with Crippen molar-refractivity contribution in [3.05, 3.63) is 86.3 Å². The molecule has 4 rings (SSSR count). The van der Waals surface area contributed by atoms with Crippen molar-refractivity contribution in [2.45, 2.75) is 25.2 Å². The molecule has 1 aliphatic carbocycles. The highest BCUT2D eigenvalue weighted by molar-refractivity contribution is 6.28. The third-order valence-corrected chi connectivity index (χ3v) is 5.93. The molecule has 1 aromatic heterocycles. The highest BCUT2D eigenvalue weighted by atomic mass is 35.5. The second-order valence-electron chi connectivity index (χ2n) is 7.85. The van der Waals surface area contributed by atoms with E-state index in [1.54, 1.807) is 0 Å². The summed E-state index contributed by atoms with van der Waals surface area (Å²) in [5, 5.41) is 20.5. The average Bonchev–Trinajstić information content (AvgIpc) is 3.25. The maximum atomic E-state index is 11.0. The van der Waals surface area contributed by atoms with Crippen molar-refractivity contribution in [1.29, 1.82) is 5.26 Å². The summed E-state index contributed by atoms with van der Waals surface area (Å²) in [6, 6.07) is 16.3. The molecule has 0 saturated heterocycles. The Morgan fingerprint density at radius 2 is 2.06 bits per heavy atom. The molecule has 0 N–H and O–H groups in total. The van der Waals surface area contributed by atoms with Crippen LogP contribution in [0.3, 0.4) is 0 Å². The number of hydrogen-bond donors (Lipinski definition) is 0. The number of nitriles is 1. The largest absolute Gasteiger partial charge is 0.492 e. The van der Waals surface area contributed by atoms with E-state index in [0.717, 1.165) is 29.9 Å². The Morgan fingerprint density at radius 3 is 2.79 bits per heavy atom. The lowest BCUT2D eigenvalue weighted by atomic mass is 9.97. The number of nitro benzene ring substituents is 1. The molecule has 1 unspecified atom stereocenters. The molecule has 0 aliphatic heterocycles. The molecule has 0 spiro atoms. The number of benzene rings is 2. The number of nitro groups is 1. The Balaban J connectivity index is 1.43. The molecule has 1 atom stereocenters. The van der Waals surface area contributed by atoms with E-state index in [-0.39, 0.29) is 28.2 Å². The standard InChI is InChI=1S/C24H22ClN5O3/c1-29(12-5-13-33-21-14-18(30(31)32)9-8-17(21)15-26)23-20-11-10-19(16-6-3-2-4-7-16)22(20)27-24(25)28-23/h2-4,6-9,14,19H,5,10-13H2,1H3. The Morgan fingerprint density at radius 1 is 1.27 bits per heavy atom. The van der Waals surface area contributed by atoms with Gasteiger partial charge in [-0.05, 0) is 42.5 Å². The fraction of sp³-hybridized carbons (Fsp3) is 0.292. The maximum absolute atomic E-state index is 11.0. The van der Waals surface area contributed by atoms with Gasteiger partial charge in [0.2, 0.25) is 5.28 Å². The molecule has 0 saturated carbocycles. The van der Waals surface area contributed by atoms with Gasteiger partial charge < -0.3 is 9.64 Å². The Kier molecular flexibility index (Phi) is 6.71. The van der Waals surface area contributed by atoms with Crippen LogP contribution in [0.5, 0.6) is 5.75 Å². The van der Waals surface area contributed by atoms with E-state index >= 15 is 0 Å². The van der Waals surface area contributed by atoms with Crippen LogP contribution in [-0.4, -0.2) is 35.1 Å². The van der Waals surface area contributed by atoms with Gasteiger partial charge in [-0.3, -0.25) is 10.1 Å². The predicted molar refractivity (Wildman–Crippen MR) is 125 cm³/mol. The molecule has 0 radical (unpaired) electrons. The van der Waals surface area contributed by atoms with E-state index in [0.29, 0.717) is 19.6 Å². The zero-order chi connectivity index (χ0) is 23.4. The summed E-state index contributed by atoms with van der Waals surface area (Å²) in [6.07, 6.45) is 2.46. The molecule has 8 nitrogen and oxygen atoms in total. The lowest BCUT2D eigenvalue weighted by molar-refractivity contribution is -0.384. The fourth-order valence-corrected chi connectivity index (χ4v) is 4.34. The Bertz CT molecular complexity index is 1210. The van der Waals surface area contributed by atoms with Gasteiger partial charge in [0, 0.05) is 31.1 Å². The minimum atomic E-state index is -0.510. The van der Waals surface area contributed by atoms with Gasteiger partial charge in [0.1, 0.15) is 17.6 Å². The molecule has 0 amide bonds. The summed E-state index contributed by atoms with van der Waals surface area (Å²) >= 11 is 6.28. The summed E-state index contributed by atoms with van der Waals surface area (Å²) < 4.78 is 5.68. The summed E-state index contributed by atoms with van der Waals surface area (Å²) in [5.74, 6) is 1.23. The van der Waals surface area contributed by atoms with Gasteiger partial charge in [0.05, 0.1) is 28.9 Å². The van der Waals surface area contributed by atoms with Crippen LogP contribution in [0.4, 0.5) is 11.5 Å². The van der Waals surface area contributed by atoms with E-state index in [1.165, 1.54) is 23.8 Å². The van der Waals surface area contributed by atoms with E-state index in [2.05, 4.69) is 22.1 Å². The van der Waals surface area contributed by atoms with Gasteiger partial charge in [-0.25, -0.2) is 9.97 Å². The molecule has 33 heavy (non-hydrogen) atoms. The van der Waals surface area contributed by atoms with Gasteiger partial charge >= 0.3 is 0 Å². The number of fused-ring (bicyclic) bond motifs is 1. The first kappa shape index (κ1) is 22.5. The molecule has 0 fully saturated rings. The smallest absolute Gasteiger partial charge is 0.273 e. The number of nitrogens with zero attached hydrogens (tertiary/aromatic N) is 5. The van der Waals surface area contributed by atoms with Crippen molar-refractivity contribution in [2.24, 2.45) is 0 Å². The number of rotatable bonds is 8. The van der Waals surface area contributed by atoms with E-state index in [4.69, 9.17) is 16.3 Å². The van der Waals surface area contributed by atoms with Crippen LogP contribution in [0.15, 0.2) is 48.5 Å². The summed E-state index contributed by atoms with van der Waals surface area (Å²) in [5.41, 5.74) is 3.47. The lowest BCUT2D eigenvalue weighted by Gasteiger charge is -2.21. The number of hydrogen-bond acceptors (Lipinski definition) is 7. The lowest BCUT2D eigenvalue weighted by Crippen LogP contribution is -2.23. The maximum Gasteiger partial charge on any atom is 0.273 e. The van der Waals surface area contributed by atoms with E-state index in [9.17, 15) is 15.4 Å². The van der Waals surface area contributed by atoms with Crippen LogP contribution in [0.25, 0.3) is 0 Å². The first-order valence-electron chi connectivity index (χ1n) is 10.6. The molecule has 1 aliphatic rings. The van der Waals surface area contributed by atoms with Crippen LogP contribution in [0.1, 0.15) is 41.1 Å². The van der Waals surface area contributed by atoms with Crippen molar-refractivity contribution >= 4 is 23.1 Å². The second kappa shape index (κ2) is 9.84. The van der Waals surface area contributed by atoms with Crippen molar-refractivity contribution in [3.63, 3.8) is 0 Å². The van der Waals surface area contributed by atoms with Crippen molar-refractivity contribution < 1.29 is 9.66 Å². The van der Waals surface area contributed by atoms with Gasteiger partial charge in [-0.15, -0.1) is 0 Å². The SMILES string of the molecule is CN(CCCOc1cc([N+](=O)[O-])ccc1C#N)c1nc(Cl)nc2c1CCC2c1ccccc1. The molecule has 9 heteroatoms. The minimum absolute atomic E-state index is 0.111. The molecular formula is C24H22ClN5O3. The van der Waals surface area contributed by atoms with Crippen molar-refractivity contribution in [3.8, 4) is 11.8 Å². The topological polar surface area (TPSA) is 105 Å². The third kappa shape index (κ3) is 4.89. The first-order valence-corrected chi connectivity index (χ1v) is 11.0. The number of halogens is 1. The highest BCUT2D eigenvalue weighted by Gasteiger charge is 2.30. The van der Waals surface area contributed by atoms with E-state index in [1.807, 2.05) is 36.2 Å². The molecule has 0 bridgehead atoms. The highest BCUT2D eigenvalue weighted by Crippen LogP contribution is 2.40. The Hall–Kier alpha value is -3.70. The number of anilines is 1. The van der Waals surface area contributed by atoms with Gasteiger partial charge in [-0.1, -0.05) is 30.3 Å².